The Kier molecular flexibility index (Phi) is 3.62. The number of hydrogen-bond donors (Lipinski definition) is 2. The molecule has 0 spiro atoms. The van der Waals surface area contributed by atoms with E-state index in [4.69, 9.17) is 10.5 Å². The van der Waals surface area contributed by atoms with Crippen LogP contribution in [0.25, 0.3) is 0 Å². The third-order valence-corrected chi connectivity index (χ3v) is 1.96. The van der Waals surface area contributed by atoms with Gasteiger partial charge in [-0.2, -0.15) is 0 Å². The second kappa shape index (κ2) is 4.75. The summed E-state index contributed by atoms with van der Waals surface area (Å²) in [5.74, 6) is -1.91. The fraction of sp³-hybridized carbons (Fsp3) is 0.300. The second-order valence-electron chi connectivity index (χ2n) is 2.94. The Hall–Kier alpha value is -1.62. The number of rotatable bonds is 4. The van der Waals surface area contributed by atoms with Crippen molar-refractivity contribution >= 4 is 5.78 Å². The fourth-order valence-corrected chi connectivity index (χ4v) is 1.24. The summed E-state index contributed by atoms with van der Waals surface area (Å²) in [7, 11) is 1.26. The average molecular weight is 213 g/mol. The van der Waals surface area contributed by atoms with Crippen LogP contribution in [0.1, 0.15) is 16.8 Å². The van der Waals surface area contributed by atoms with Gasteiger partial charge >= 0.3 is 0 Å². The van der Waals surface area contributed by atoms with Gasteiger partial charge in [0.25, 0.3) is 0 Å². The predicted molar refractivity (Wildman–Crippen MR) is 52.6 cm³/mol. The summed E-state index contributed by atoms with van der Waals surface area (Å²) in [6.07, 6.45) is 0.126. The number of carbonyl (C=O) groups excluding carboxylic acids is 1. The van der Waals surface area contributed by atoms with Crippen molar-refractivity contribution in [1.82, 2.24) is 0 Å². The van der Waals surface area contributed by atoms with Gasteiger partial charge in [0, 0.05) is 6.42 Å². The molecule has 0 bridgehead atoms. The number of phenols is 1. The molecule has 0 atom stereocenters. The van der Waals surface area contributed by atoms with Gasteiger partial charge in [-0.1, -0.05) is 0 Å². The monoisotopic (exact) mass is 213 g/mol. The van der Waals surface area contributed by atoms with Crippen LogP contribution in [0, 0.1) is 5.82 Å². The molecule has 5 heteroatoms. The number of carbonyl (C=O) groups is 1. The first-order chi connectivity index (χ1) is 7.11. The molecule has 82 valence electrons. The Bertz CT molecular complexity index is 379. The van der Waals surface area contributed by atoms with E-state index in [9.17, 15) is 14.3 Å². The van der Waals surface area contributed by atoms with Crippen molar-refractivity contribution in [1.29, 1.82) is 0 Å². The molecule has 1 rings (SSSR count). The third-order valence-electron chi connectivity index (χ3n) is 1.96. The van der Waals surface area contributed by atoms with Crippen LogP contribution in [0.2, 0.25) is 0 Å². The Morgan fingerprint density at radius 3 is 2.80 bits per heavy atom. The van der Waals surface area contributed by atoms with Crippen LogP contribution in [-0.4, -0.2) is 24.5 Å². The van der Waals surface area contributed by atoms with E-state index in [0.717, 1.165) is 6.07 Å². The fourth-order valence-electron chi connectivity index (χ4n) is 1.24. The van der Waals surface area contributed by atoms with E-state index in [1.54, 1.807) is 0 Å². The van der Waals surface area contributed by atoms with Crippen molar-refractivity contribution in [3.05, 3.63) is 23.5 Å². The van der Waals surface area contributed by atoms with Crippen molar-refractivity contribution in [2.75, 3.05) is 13.7 Å². The molecular formula is C10H12FNO3. The molecule has 1 aromatic carbocycles. The Morgan fingerprint density at radius 2 is 2.27 bits per heavy atom. The molecule has 0 aliphatic heterocycles. The quantitative estimate of drug-likeness (QED) is 0.734. The minimum atomic E-state index is -0.823. The molecule has 0 aromatic heterocycles. The molecule has 0 heterocycles. The molecule has 0 unspecified atom stereocenters. The minimum absolute atomic E-state index is 0.126. The molecular weight excluding hydrogens is 201 g/mol. The number of methoxy groups -OCH3 is 1. The number of aromatic hydroxyl groups is 1. The number of halogens is 1. The number of hydrogen-bond acceptors (Lipinski definition) is 4. The summed E-state index contributed by atoms with van der Waals surface area (Å²) in [5, 5.41) is 9.31. The van der Waals surface area contributed by atoms with E-state index >= 15 is 0 Å². The highest BCUT2D eigenvalue weighted by Gasteiger charge is 2.17. The molecule has 3 N–H and O–H groups in total. The normalized spacial score (nSPS) is 10.1. The molecule has 0 aliphatic carbocycles. The van der Waals surface area contributed by atoms with Crippen LogP contribution in [0.5, 0.6) is 11.5 Å². The van der Waals surface area contributed by atoms with E-state index in [0.29, 0.717) is 0 Å². The predicted octanol–water partition coefficient (Wildman–Crippen LogP) is 1.07. The van der Waals surface area contributed by atoms with Crippen LogP contribution in [0.4, 0.5) is 4.39 Å². The van der Waals surface area contributed by atoms with Gasteiger partial charge in [0.05, 0.1) is 12.7 Å². The van der Waals surface area contributed by atoms with Gasteiger partial charge < -0.3 is 15.6 Å². The van der Waals surface area contributed by atoms with Crippen molar-refractivity contribution in [2.24, 2.45) is 5.73 Å². The molecule has 1 aromatic rings. The molecule has 0 fully saturated rings. The van der Waals surface area contributed by atoms with Crippen LogP contribution in [0.15, 0.2) is 12.1 Å². The third kappa shape index (κ3) is 2.24. The smallest absolute Gasteiger partial charge is 0.195 e. The summed E-state index contributed by atoms with van der Waals surface area (Å²) in [5.41, 5.74) is 5.37. The number of nitrogens with two attached hydrogens (primary N) is 1. The lowest BCUT2D eigenvalue weighted by molar-refractivity contribution is 0.0981. The maximum absolute atomic E-state index is 12.9. The molecule has 0 saturated heterocycles. The van der Waals surface area contributed by atoms with Crippen LogP contribution < -0.4 is 10.5 Å². The highest BCUT2D eigenvalue weighted by Crippen LogP contribution is 2.33. The van der Waals surface area contributed by atoms with E-state index < -0.39 is 11.6 Å². The first-order valence-corrected chi connectivity index (χ1v) is 4.40. The molecule has 0 radical (unpaired) electrons. The summed E-state index contributed by atoms with van der Waals surface area (Å²) in [4.78, 5) is 11.5. The largest absolute Gasteiger partial charge is 0.502 e. The van der Waals surface area contributed by atoms with Crippen LogP contribution in [-0.2, 0) is 0 Å². The maximum atomic E-state index is 12.9. The number of phenolic OH excluding ortho intramolecular Hbond substituents is 1. The van der Waals surface area contributed by atoms with Gasteiger partial charge in [0.2, 0.25) is 0 Å². The van der Waals surface area contributed by atoms with Gasteiger partial charge in [0.15, 0.2) is 23.1 Å². The standard InChI is InChI=1S/C10H12FNO3/c1-15-10-6(8(13)4-5-12)2-3-7(11)9(10)14/h2-3,14H,4-5,12H2,1H3. The van der Waals surface area contributed by atoms with Gasteiger partial charge in [-0.05, 0) is 18.7 Å². The average Bonchev–Trinajstić information content (AvgIpc) is 2.22. The van der Waals surface area contributed by atoms with Crippen LogP contribution in [0.3, 0.4) is 0 Å². The Balaban J connectivity index is 3.18. The molecule has 15 heavy (non-hydrogen) atoms. The van der Waals surface area contributed by atoms with E-state index in [2.05, 4.69) is 0 Å². The van der Waals surface area contributed by atoms with Crippen molar-refractivity contribution in [3.8, 4) is 11.5 Å². The van der Waals surface area contributed by atoms with Gasteiger partial charge in [-0.15, -0.1) is 0 Å². The lowest BCUT2D eigenvalue weighted by Gasteiger charge is -2.09. The van der Waals surface area contributed by atoms with Crippen molar-refractivity contribution in [3.63, 3.8) is 0 Å². The first-order valence-electron chi connectivity index (χ1n) is 4.40. The number of Topliss-reactive ketones (excluding diaryl/α,β-unsaturated/α-hetero) is 1. The Morgan fingerprint density at radius 1 is 1.60 bits per heavy atom. The molecule has 0 aliphatic rings. The zero-order chi connectivity index (χ0) is 11.4. The molecule has 4 nitrogen and oxygen atoms in total. The van der Waals surface area contributed by atoms with E-state index in [1.165, 1.54) is 13.2 Å². The number of ether oxygens (including phenoxy) is 1. The zero-order valence-corrected chi connectivity index (χ0v) is 8.29. The lowest BCUT2D eigenvalue weighted by Crippen LogP contribution is -2.09. The lowest BCUT2D eigenvalue weighted by atomic mass is 10.1. The zero-order valence-electron chi connectivity index (χ0n) is 8.29. The van der Waals surface area contributed by atoms with Gasteiger partial charge in [-0.25, -0.2) is 4.39 Å². The van der Waals surface area contributed by atoms with Crippen molar-refractivity contribution < 1.29 is 19.0 Å². The number of benzene rings is 1. The van der Waals surface area contributed by atoms with Gasteiger partial charge in [-0.3, -0.25) is 4.79 Å². The second-order valence-corrected chi connectivity index (χ2v) is 2.94. The summed E-state index contributed by atoms with van der Waals surface area (Å²) >= 11 is 0. The summed E-state index contributed by atoms with van der Waals surface area (Å²) < 4.78 is 17.7. The van der Waals surface area contributed by atoms with E-state index in [1.807, 2.05) is 0 Å². The molecule has 0 amide bonds. The molecule has 0 saturated carbocycles. The summed E-state index contributed by atoms with van der Waals surface area (Å²) in [6.45, 7) is 0.195. The highest BCUT2D eigenvalue weighted by molar-refractivity contribution is 5.99. The van der Waals surface area contributed by atoms with Gasteiger partial charge in [0.1, 0.15) is 0 Å². The SMILES string of the molecule is COc1c(C(=O)CCN)ccc(F)c1O. The summed E-state index contributed by atoms with van der Waals surface area (Å²) in [6, 6.07) is 2.29. The maximum Gasteiger partial charge on any atom is 0.195 e. The highest BCUT2D eigenvalue weighted by atomic mass is 19.1. The van der Waals surface area contributed by atoms with Crippen molar-refractivity contribution in [2.45, 2.75) is 6.42 Å². The first kappa shape index (κ1) is 11.5. The van der Waals surface area contributed by atoms with E-state index in [-0.39, 0.29) is 30.1 Å². The van der Waals surface area contributed by atoms with Crippen LogP contribution >= 0.6 is 0 Å². The number of ketones is 1. The topological polar surface area (TPSA) is 72.5 Å². The minimum Gasteiger partial charge on any atom is -0.502 e. The Labute approximate surface area is 86.5 Å².